The average Bonchev–Trinajstić information content (AvgIpc) is 3.16. The van der Waals surface area contributed by atoms with E-state index >= 15 is 0 Å². The van der Waals surface area contributed by atoms with E-state index in [4.69, 9.17) is 13.9 Å². The van der Waals surface area contributed by atoms with Crippen LogP contribution in [0.25, 0.3) is 11.0 Å². The zero-order valence-corrected chi connectivity index (χ0v) is 20.6. The summed E-state index contributed by atoms with van der Waals surface area (Å²) < 4.78 is 16.8. The zero-order valence-electron chi connectivity index (χ0n) is 20.6. The molecule has 3 aromatic carbocycles. The van der Waals surface area contributed by atoms with Crippen LogP contribution >= 0.6 is 0 Å². The van der Waals surface area contributed by atoms with Gasteiger partial charge < -0.3 is 23.9 Å². The Balaban J connectivity index is 1.60. The first kappa shape index (κ1) is 23.5. The van der Waals surface area contributed by atoms with Crippen molar-refractivity contribution >= 4 is 16.9 Å². The molecule has 7 nitrogen and oxygen atoms in total. The molecule has 5 rings (SSSR count). The van der Waals surface area contributed by atoms with Crippen LogP contribution in [0.3, 0.4) is 0 Å². The van der Waals surface area contributed by atoms with E-state index in [9.17, 15) is 14.7 Å². The van der Waals surface area contributed by atoms with E-state index in [0.717, 1.165) is 22.3 Å². The second-order valence-electron chi connectivity index (χ2n) is 9.04. The molecule has 1 aliphatic heterocycles. The molecule has 0 saturated heterocycles. The van der Waals surface area contributed by atoms with Crippen LogP contribution < -0.4 is 14.9 Å². The van der Waals surface area contributed by atoms with E-state index < -0.39 is 6.04 Å². The van der Waals surface area contributed by atoms with Gasteiger partial charge in [0, 0.05) is 6.54 Å². The van der Waals surface area contributed by atoms with Crippen LogP contribution in [0.2, 0.25) is 0 Å². The lowest BCUT2D eigenvalue weighted by Gasteiger charge is -2.25. The third-order valence-corrected chi connectivity index (χ3v) is 6.88. The van der Waals surface area contributed by atoms with Crippen LogP contribution in [0.1, 0.15) is 44.4 Å². The van der Waals surface area contributed by atoms with Crippen LogP contribution in [0, 0.1) is 13.8 Å². The summed E-state index contributed by atoms with van der Waals surface area (Å²) in [4.78, 5) is 29.0. The van der Waals surface area contributed by atoms with Gasteiger partial charge in [-0.1, -0.05) is 18.2 Å². The first-order valence-electron chi connectivity index (χ1n) is 11.7. The fraction of sp³-hybridized carbons (Fsp3) is 0.241. The first-order valence-corrected chi connectivity index (χ1v) is 11.7. The number of amides is 1. The van der Waals surface area contributed by atoms with Gasteiger partial charge in [0.2, 0.25) is 5.76 Å². The summed E-state index contributed by atoms with van der Waals surface area (Å²) in [7, 11) is 3.16. The molecule has 4 aromatic rings. The van der Waals surface area contributed by atoms with Crippen molar-refractivity contribution in [2.45, 2.75) is 26.3 Å². The van der Waals surface area contributed by atoms with Gasteiger partial charge in [0.1, 0.15) is 11.3 Å². The average molecular weight is 486 g/mol. The van der Waals surface area contributed by atoms with Gasteiger partial charge in [-0.2, -0.15) is 0 Å². The Labute approximate surface area is 208 Å². The summed E-state index contributed by atoms with van der Waals surface area (Å²) in [6.07, 6.45) is 0.528. The Morgan fingerprint density at radius 1 is 0.917 bits per heavy atom. The highest BCUT2D eigenvalue weighted by Crippen LogP contribution is 2.39. The number of methoxy groups -OCH3 is 2. The highest BCUT2D eigenvalue weighted by molar-refractivity contribution is 5.99. The van der Waals surface area contributed by atoms with Crippen LogP contribution in [-0.2, 0) is 6.42 Å². The van der Waals surface area contributed by atoms with E-state index in [0.29, 0.717) is 41.0 Å². The molecule has 0 radical (unpaired) electrons. The number of benzene rings is 3. The van der Waals surface area contributed by atoms with E-state index in [-0.39, 0.29) is 22.8 Å². The van der Waals surface area contributed by atoms with Gasteiger partial charge in [0.25, 0.3) is 5.91 Å². The monoisotopic (exact) mass is 485 g/mol. The second-order valence-corrected chi connectivity index (χ2v) is 9.04. The SMILES string of the molecule is COc1ccc(CCN2C(=O)c3oc4cc(C)c(C)cc4c(=O)c3[C@@H]2c2ccc(O)cc2)cc1OC. The third kappa shape index (κ3) is 3.86. The molecule has 184 valence electrons. The summed E-state index contributed by atoms with van der Waals surface area (Å²) >= 11 is 0. The van der Waals surface area contributed by atoms with Gasteiger partial charge in [-0.25, -0.2) is 0 Å². The standard InChI is InChI=1S/C29H27NO6/c1-16-13-21-23(14-17(16)2)36-28-25(27(21)32)26(19-6-8-20(31)9-7-19)30(29(28)33)12-11-18-5-10-22(34-3)24(15-18)35-4/h5-10,13-15,26,31H,11-12H2,1-4H3/t26-/m0/s1. The van der Waals surface area contributed by atoms with E-state index in [1.165, 1.54) is 0 Å². The number of rotatable bonds is 6. The highest BCUT2D eigenvalue weighted by atomic mass is 16.5. The fourth-order valence-corrected chi connectivity index (χ4v) is 4.80. The summed E-state index contributed by atoms with van der Waals surface area (Å²) in [5, 5.41) is 10.3. The molecular formula is C29H27NO6. The molecule has 36 heavy (non-hydrogen) atoms. The minimum atomic E-state index is -0.629. The van der Waals surface area contributed by atoms with Crippen LogP contribution in [-0.4, -0.2) is 36.7 Å². The molecular weight excluding hydrogens is 458 g/mol. The predicted molar refractivity (Wildman–Crippen MR) is 136 cm³/mol. The number of hydrogen-bond donors (Lipinski definition) is 1. The molecule has 2 heterocycles. The summed E-state index contributed by atoms with van der Waals surface area (Å²) in [5.41, 5.74) is 4.16. The van der Waals surface area contributed by atoms with Gasteiger partial charge in [-0.05, 0) is 78.9 Å². The number of phenols is 1. The lowest BCUT2D eigenvalue weighted by molar-refractivity contribution is 0.0730. The number of carbonyl (C=O) groups excluding carboxylic acids is 1. The summed E-state index contributed by atoms with van der Waals surface area (Å²) in [5.74, 6) is 1.08. The maximum absolute atomic E-state index is 13.7. The minimum absolute atomic E-state index is 0.0705. The normalized spacial score (nSPS) is 14.8. The lowest BCUT2D eigenvalue weighted by Crippen LogP contribution is -2.31. The summed E-state index contributed by atoms with van der Waals surface area (Å²) in [6, 6.07) is 15.2. The summed E-state index contributed by atoms with van der Waals surface area (Å²) in [6.45, 7) is 4.23. The molecule has 1 atom stereocenters. The molecule has 0 saturated carbocycles. The van der Waals surface area contributed by atoms with Crippen LogP contribution in [0.5, 0.6) is 17.2 Å². The Morgan fingerprint density at radius 2 is 1.61 bits per heavy atom. The first-order chi connectivity index (χ1) is 17.3. The largest absolute Gasteiger partial charge is 0.508 e. The number of ether oxygens (including phenoxy) is 2. The lowest BCUT2D eigenvalue weighted by atomic mass is 9.97. The number of fused-ring (bicyclic) bond motifs is 2. The number of aromatic hydroxyl groups is 1. The number of phenolic OH excluding ortho intramolecular Hbond substituents is 1. The van der Waals surface area contributed by atoms with Crippen molar-refractivity contribution < 1.29 is 23.8 Å². The molecule has 0 spiro atoms. The number of hydrogen-bond acceptors (Lipinski definition) is 6. The van der Waals surface area contributed by atoms with Gasteiger partial charge in [0.15, 0.2) is 16.9 Å². The van der Waals surface area contributed by atoms with E-state index in [1.54, 1.807) is 43.4 Å². The Morgan fingerprint density at radius 3 is 2.31 bits per heavy atom. The van der Waals surface area contributed by atoms with Crippen LogP contribution in [0.4, 0.5) is 0 Å². The number of aryl methyl sites for hydroxylation is 2. The molecule has 1 N–H and O–H groups in total. The quantitative estimate of drug-likeness (QED) is 0.417. The van der Waals surface area contributed by atoms with E-state index in [2.05, 4.69) is 0 Å². The zero-order chi connectivity index (χ0) is 25.6. The Bertz CT molecular complexity index is 1540. The topological polar surface area (TPSA) is 89.2 Å². The molecule has 0 aliphatic carbocycles. The Hall–Kier alpha value is -4.26. The maximum Gasteiger partial charge on any atom is 0.290 e. The van der Waals surface area contributed by atoms with Gasteiger partial charge >= 0.3 is 0 Å². The molecule has 1 aromatic heterocycles. The minimum Gasteiger partial charge on any atom is -0.508 e. The Kier molecular flexibility index (Phi) is 5.92. The highest BCUT2D eigenvalue weighted by Gasteiger charge is 2.42. The predicted octanol–water partition coefficient (Wildman–Crippen LogP) is 4.92. The second kappa shape index (κ2) is 9.07. The van der Waals surface area contributed by atoms with Crippen LogP contribution in [0.15, 0.2) is 63.8 Å². The molecule has 1 aliphatic rings. The van der Waals surface area contributed by atoms with Crippen molar-refractivity contribution in [1.29, 1.82) is 0 Å². The smallest absolute Gasteiger partial charge is 0.290 e. The molecule has 1 amide bonds. The van der Waals surface area contributed by atoms with Crippen molar-refractivity contribution in [3.8, 4) is 17.2 Å². The number of carbonyl (C=O) groups is 1. The number of nitrogens with zero attached hydrogens (tertiary/aromatic N) is 1. The molecule has 0 unspecified atom stereocenters. The van der Waals surface area contributed by atoms with Crippen molar-refractivity contribution in [2.24, 2.45) is 0 Å². The van der Waals surface area contributed by atoms with E-state index in [1.807, 2.05) is 44.2 Å². The van der Waals surface area contributed by atoms with Crippen molar-refractivity contribution in [1.82, 2.24) is 4.90 Å². The molecule has 0 fully saturated rings. The fourth-order valence-electron chi connectivity index (χ4n) is 4.80. The molecule has 0 bridgehead atoms. The third-order valence-electron chi connectivity index (χ3n) is 6.88. The molecule has 7 heteroatoms. The van der Waals surface area contributed by atoms with Crippen molar-refractivity contribution in [3.63, 3.8) is 0 Å². The van der Waals surface area contributed by atoms with Gasteiger partial charge in [-0.15, -0.1) is 0 Å². The van der Waals surface area contributed by atoms with Gasteiger partial charge in [-0.3, -0.25) is 9.59 Å². The van der Waals surface area contributed by atoms with Crippen molar-refractivity contribution in [2.75, 3.05) is 20.8 Å². The maximum atomic E-state index is 13.7. The van der Waals surface area contributed by atoms with Crippen molar-refractivity contribution in [3.05, 3.63) is 98.4 Å². The van der Waals surface area contributed by atoms with Gasteiger partial charge in [0.05, 0.1) is 31.2 Å².